The molecule has 2 heteroatoms. The molecule has 0 fully saturated rings. The van der Waals surface area contributed by atoms with Crippen molar-refractivity contribution in [1.29, 1.82) is 0 Å². The van der Waals surface area contributed by atoms with Gasteiger partial charge in [-0.15, -0.1) is 0 Å². The Hall–Kier alpha value is -2.45. The van der Waals surface area contributed by atoms with Gasteiger partial charge in [0.25, 0.3) is 0 Å². The fourth-order valence-corrected chi connectivity index (χ4v) is 4.72. The summed E-state index contributed by atoms with van der Waals surface area (Å²) >= 11 is 0. The number of aliphatic hydroxyl groups excluding tert-OH is 1. The van der Waals surface area contributed by atoms with Gasteiger partial charge in [0, 0.05) is 0 Å². The van der Waals surface area contributed by atoms with Gasteiger partial charge in [0.1, 0.15) is 6.29 Å². The van der Waals surface area contributed by atoms with Gasteiger partial charge < -0.3 is 5.11 Å². The van der Waals surface area contributed by atoms with Crippen molar-refractivity contribution in [3.63, 3.8) is 0 Å². The zero-order valence-corrected chi connectivity index (χ0v) is 28.7. The van der Waals surface area contributed by atoms with E-state index in [0.29, 0.717) is 0 Å². The first kappa shape index (κ1) is 39.5. The van der Waals surface area contributed by atoms with Crippen LogP contribution in [0.25, 0.3) is 0 Å². The molecule has 0 aromatic heterocycles. The van der Waals surface area contributed by atoms with E-state index in [2.05, 4.69) is 84.9 Å². The Morgan fingerprint density at radius 1 is 0.381 bits per heavy atom. The largest absolute Gasteiger partial charge is 0.392 e. The topological polar surface area (TPSA) is 37.3 Å². The van der Waals surface area contributed by atoms with Crippen LogP contribution in [0.3, 0.4) is 0 Å². The van der Waals surface area contributed by atoms with Crippen molar-refractivity contribution in [2.24, 2.45) is 0 Å². The van der Waals surface area contributed by atoms with Gasteiger partial charge in [-0.05, 0) is 151 Å². The fraction of sp³-hybridized carbons (Fsp3) is 0.575. The molecule has 0 amide bonds. The summed E-state index contributed by atoms with van der Waals surface area (Å²) in [6, 6.07) is 0. The molecule has 0 aromatic carbocycles. The summed E-state index contributed by atoms with van der Waals surface area (Å²) in [5, 5.41) is 8.95. The van der Waals surface area contributed by atoms with Crippen molar-refractivity contribution in [2.75, 3.05) is 6.61 Å². The van der Waals surface area contributed by atoms with Gasteiger partial charge in [0.05, 0.1) is 6.61 Å². The summed E-state index contributed by atoms with van der Waals surface area (Å²) in [4.78, 5) is 10.7. The molecule has 0 aliphatic carbocycles. The van der Waals surface area contributed by atoms with Crippen LogP contribution in [-0.4, -0.2) is 18.0 Å². The van der Waals surface area contributed by atoms with Crippen LogP contribution < -0.4 is 0 Å². The molecule has 0 spiro atoms. The van der Waals surface area contributed by atoms with E-state index >= 15 is 0 Å². The molecule has 0 rings (SSSR count). The second-order valence-electron chi connectivity index (χ2n) is 12.4. The van der Waals surface area contributed by atoms with E-state index < -0.39 is 0 Å². The predicted molar refractivity (Wildman–Crippen MR) is 188 cm³/mol. The third-order valence-corrected chi connectivity index (χ3v) is 7.82. The minimum Gasteiger partial charge on any atom is -0.392 e. The van der Waals surface area contributed by atoms with Gasteiger partial charge in [-0.1, -0.05) is 87.6 Å². The van der Waals surface area contributed by atoms with Gasteiger partial charge >= 0.3 is 0 Å². The number of carbonyl (C=O) groups is 1. The first-order valence-electron chi connectivity index (χ1n) is 16.4. The Morgan fingerprint density at radius 2 is 0.595 bits per heavy atom. The number of hydrogen-bond acceptors (Lipinski definition) is 2. The van der Waals surface area contributed by atoms with Crippen molar-refractivity contribution < 1.29 is 9.90 Å². The molecule has 0 bridgehead atoms. The minimum absolute atomic E-state index is 0.146. The summed E-state index contributed by atoms with van der Waals surface area (Å²) < 4.78 is 0. The van der Waals surface area contributed by atoms with Gasteiger partial charge in [-0.3, -0.25) is 4.79 Å². The molecule has 0 saturated heterocycles. The van der Waals surface area contributed by atoms with E-state index in [-0.39, 0.29) is 6.61 Å². The van der Waals surface area contributed by atoms with Gasteiger partial charge in [0.15, 0.2) is 0 Å². The Labute approximate surface area is 260 Å². The maximum absolute atomic E-state index is 10.7. The number of hydrogen-bond donors (Lipinski definition) is 1. The molecule has 0 radical (unpaired) electrons. The lowest BCUT2D eigenvalue weighted by atomic mass is 10.0. The third-order valence-electron chi connectivity index (χ3n) is 7.82. The lowest BCUT2D eigenvalue weighted by molar-refractivity contribution is -0.104. The number of aldehydes is 1. The van der Waals surface area contributed by atoms with E-state index in [1.54, 1.807) is 0 Å². The molecule has 0 aliphatic rings. The van der Waals surface area contributed by atoms with Crippen LogP contribution in [0.1, 0.15) is 145 Å². The summed E-state index contributed by atoms with van der Waals surface area (Å²) in [6.07, 6.45) is 34.7. The molecule has 1 N–H and O–H groups in total. The molecule has 0 aliphatic heterocycles. The Balaban J connectivity index is 4.20. The summed E-state index contributed by atoms with van der Waals surface area (Å²) in [7, 11) is 0. The monoisotopic (exact) mass is 576 g/mol. The highest BCUT2D eigenvalue weighted by Crippen LogP contribution is 2.17. The van der Waals surface area contributed by atoms with E-state index in [4.69, 9.17) is 5.11 Å². The zero-order valence-electron chi connectivity index (χ0n) is 28.7. The second kappa shape index (κ2) is 26.2. The highest BCUT2D eigenvalue weighted by atomic mass is 16.2. The maximum atomic E-state index is 10.7. The van der Waals surface area contributed by atoms with Crippen LogP contribution in [0.5, 0.6) is 0 Å². The van der Waals surface area contributed by atoms with Crippen molar-refractivity contribution in [1.82, 2.24) is 0 Å². The molecule has 0 saturated carbocycles. The first-order valence-corrected chi connectivity index (χ1v) is 16.4. The molecule has 42 heavy (non-hydrogen) atoms. The number of allylic oxidation sites excluding steroid dienone is 15. The van der Waals surface area contributed by atoms with E-state index in [9.17, 15) is 4.79 Å². The van der Waals surface area contributed by atoms with Crippen LogP contribution in [0.4, 0.5) is 0 Å². The van der Waals surface area contributed by atoms with Crippen LogP contribution in [0, 0.1) is 0 Å². The van der Waals surface area contributed by atoms with E-state index in [1.807, 2.05) is 19.1 Å². The van der Waals surface area contributed by atoms with Crippen LogP contribution in [0.15, 0.2) is 93.2 Å². The van der Waals surface area contributed by atoms with Crippen LogP contribution in [0.2, 0.25) is 0 Å². The minimum atomic E-state index is 0.146. The van der Waals surface area contributed by atoms with Gasteiger partial charge in [-0.2, -0.15) is 0 Å². The first-order chi connectivity index (χ1) is 20.1. The normalized spacial score (nSPS) is 15.1. The van der Waals surface area contributed by atoms with Crippen LogP contribution >= 0.6 is 0 Å². The van der Waals surface area contributed by atoms with Crippen molar-refractivity contribution in [2.45, 2.75) is 145 Å². The SMILES string of the molecule is C/C(=C/CO)CC/C=C(/C)CC/C=C(/C)CC/C=C(/C)CC/C=C(/C)CC/C=C(\C)CC/C=C(\C)CC/C=C(\C)C=O. The summed E-state index contributed by atoms with van der Waals surface area (Å²) in [6.45, 7) is 17.6. The van der Waals surface area contributed by atoms with E-state index in [0.717, 1.165) is 102 Å². The third kappa shape index (κ3) is 25.3. The Kier molecular flexibility index (Phi) is 24.7. The average Bonchev–Trinajstić information content (AvgIpc) is 2.93. The van der Waals surface area contributed by atoms with Gasteiger partial charge in [0.2, 0.25) is 0 Å². The quantitative estimate of drug-likeness (QED) is 0.0746. The summed E-state index contributed by atoms with van der Waals surface area (Å²) in [5.74, 6) is 0. The number of carbonyl (C=O) groups excluding carboxylic acids is 1. The van der Waals surface area contributed by atoms with Crippen molar-refractivity contribution in [3.8, 4) is 0 Å². The second-order valence-corrected chi connectivity index (χ2v) is 12.4. The van der Waals surface area contributed by atoms with E-state index in [1.165, 1.54) is 39.0 Å². The number of aliphatic hydroxyl groups is 1. The standard InChI is InChI=1S/C40H64O2/c1-33(18-10-20-35(3)22-12-24-37(5)26-14-28-39(7)30-31-41)16-9-17-34(2)19-11-21-36(4)23-13-25-38(6)27-15-29-40(8)32-42/h17-18,21-22,25-26,29-30,32,41H,9-16,19-20,23-24,27-28,31H2,1-8H3/b33-18-,34-17-,35-22-,36-21+,37-26-,38-25+,39-30-,40-29+. The predicted octanol–water partition coefficient (Wildman–Crippen LogP) is 12.2. The molecule has 236 valence electrons. The van der Waals surface area contributed by atoms with Gasteiger partial charge in [-0.25, -0.2) is 0 Å². The Morgan fingerprint density at radius 3 is 0.810 bits per heavy atom. The Bertz CT molecular complexity index is 1000. The molecular formula is C40H64O2. The highest BCUT2D eigenvalue weighted by molar-refractivity contribution is 5.71. The lowest BCUT2D eigenvalue weighted by Gasteiger charge is -2.04. The number of rotatable bonds is 23. The molecule has 0 aromatic rings. The molecular weight excluding hydrogens is 512 g/mol. The fourth-order valence-electron chi connectivity index (χ4n) is 4.72. The molecule has 2 nitrogen and oxygen atoms in total. The smallest absolute Gasteiger partial charge is 0.145 e. The summed E-state index contributed by atoms with van der Waals surface area (Å²) in [5.41, 5.74) is 11.0. The highest BCUT2D eigenvalue weighted by Gasteiger charge is 1.97. The lowest BCUT2D eigenvalue weighted by Crippen LogP contribution is -1.84. The molecule has 0 heterocycles. The van der Waals surface area contributed by atoms with Crippen LogP contribution in [-0.2, 0) is 4.79 Å². The average molecular weight is 577 g/mol. The zero-order chi connectivity index (χ0) is 31.6. The molecule has 0 unspecified atom stereocenters. The molecule has 0 atom stereocenters. The van der Waals surface area contributed by atoms with Crippen molar-refractivity contribution in [3.05, 3.63) is 93.2 Å². The van der Waals surface area contributed by atoms with Crippen molar-refractivity contribution >= 4 is 6.29 Å². The maximum Gasteiger partial charge on any atom is 0.145 e.